The maximum Gasteiger partial charge on any atom is 0.417 e. The van der Waals surface area contributed by atoms with Crippen molar-refractivity contribution in [1.29, 1.82) is 0 Å². The molecule has 0 aliphatic rings. The van der Waals surface area contributed by atoms with Crippen molar-refractivity contribution in [2.75, 3.05) is 20.8 Å². The predicted molar refractivity (Wildman–Crippen MR) is 52.5 cm³/mol. The molecular weight excluding hydrogens is 239 g/mol. The fourth-order valence-electron chi connectivity index (χ4n) is 1.02. The lowest BCUT2D eigenvalue weighted by atomic mass is 10.3. The quantitative estimate of drug-likeness (QED) is 0.751. The Balaban J connectivity index is 2.57. The summed E-state index contributed by atoms with van der Waals surface area (Å²) >= 11 is 0. The van der Waals surface area contributed by atoms with Crippen LogP contribution in [0.25, 0.3) is 0 Å². The first-order chi connectivity index (χ1) is 7.97. The van der Waals surface area contributed by atoms with Crippen molar-refractivity contribution in [3.05, 3.63) is 23.9 Å². The highest BCUT2D eigenvalue weighted by atomic mass is 19.4. The molecule has 0 aliphatic heterocycles. The monoisotopic (exact) mass is 251 g/mol. The minimum atomic E-state index is -4.40. The molecule has 1 aromatic rings. The van der Waals surface area contributed by atoms with Gasteiger partial charge in [0.05, 0.1) is 5.56 Å². The zero-order chi connectivity index (χ0) is 12.9. The summed E-state index contributed by atoms with van der Waals surface area (Å²) in [7, 11) is 2.86. The van der Waals surface area contributed by atoms with E-state index in [-0.39, 0.29) is 12.5 Å². The molecule has 1 aromatic heterocycles. The zero-order valence-corrected chi connectivity index (χ0v) is 9.32. The van der Waals surface area contributed by atoms with Crippen molar-refractivity contribution in [3.63, 3.8) is 0 Å². The molecule has 4 nitrogen and oxygen atoms in total. The Morgan fingerprint density at radius 3 is 2.29 bits per heavy atom. The molecule has 0 saturated carbocycles. The topological polar surface area (TPSA) is 40.6 Å². The number of hydrogen-bond acceptors (Lipinski definition) is 4. The van der Waals surface area contributed by atoms with Crippen molar-refractivity contribution in [2.45, 2.75) is 12.5 Å². The van der Waals surface area contributed by atoms with E-state index in [9.17, 15) is 13.2 Å². The number of alkyl halides is 3. The third-order valence-electron chi connectivity index (χ3n) is 1.96. The van der Waals surface area contributed by atoms with Crippen LogP contribution < -0.4 is 4.74 Å². The van der Waals surface area contributed by atoms with E-state index in [4.69, 9.17) is 14.2 Å². The van der Waals surface area contributed by atoms with Crippen LogP contribution in [-0.4, -0.2) is 32.1 Å². The molecule has 0 aliphatic carbocycles. The van der Waals surface area contributed by atoms with Gasteiger partial charge < -0.3 is 14.2 Å². The van der Waals surface area contributed by atoms with Gasteiger partial charge in [0.25, 0.3) is 0 Å². The summed E-state index contributed by atoms with van der Waals surface area (Å²) in [4.78, 5) is 3.53. The second kappa shape index (κ2) is 5.83. The molecule has 0 fully saturated rings. The van der Waals surface area contributed by atoms with E-state index in [1.807, 2.05) is 0 Å². The third-order valence-corrected chi connectivity index (χ3v) is 1.96. The Morgan fingerprint density at radius 2 is 1.88 bits per heavy atom. The van der Waals surface area contributed by atoms with Crippen LogP contribution in [0.3, 0.4) is 0 Å². The van der Waals surface area contributed by atoms with Gasteiger partial charge in [-0.05, 0) is 6.07 Å². The summed E-state index contributed by atoms with van der Waals surface area (Å²) in [5.41, 5.74) is -0.820. The molecule has 0 saturated heterocycles. The van der Waals surface area contributed by atoms with Gasteiger partial charge in [0.1, 0.15) is 6.61 Å². The molecule has 0 radical (unpaired) electrons. The van der Waals surface area contributed by atoms with Crippen LogP contribution in [0.15, 0.2) is 18.3 Å². The molecule has 0 amide bonds. The van der Waals surface area contributed by atoms with Gasteiger partial charge in [0.15, 0.2) is 6.29 Å². The number of rotatable bonds is 5. The van der Waals surface area contributed by atoms with E-state index in [0.29, 0.717) is 6.20 Å². The van der Waals surface area contributed by atoms with Crippen LogP contribution in [0.2, 0.25) is 0 Å². The van der Waals surface area contributed by atoms with E-state index in [0.717, 1.165) is 12.1 Å². The normalized spacial score (nSPS) is 11.9. The summed E-state index contributed by atoms with van der Waals surface area (Å²) in [6, 6.07) is 2.04. The summed E-state index contributed by atoms with van der Waals surface area (Å²) in [6.07, 6.45) is -4.27. The first-order valence-corrected chi connectivity index (χ1v) is 4.69. The number of hydrogen-bond donors (Lipinski definition) is 0. The molecule has 0 atom stereocenters. The predicted octanol–water partition coefficient (Wildman–Crippen LogP) is 2.10. The van der Waals surface area contributed by atoms with E-state index in [2.05, 4.69) is 4.98 Å². The van der Waals surface area contributed by atoms with E-state index < -0.39 is 18.0 Å². The zero-order valence-electron chi connectivity index (χ0n) is 9.32. The Labute approximate surface area is 96.3 Å². The molecular formula is C10H12F3NO3. The van der Waals surface area contributed by atoms with Gasteiger partial charge in [-0.25, -0.2) is 4.98 Å². The van der Waals surface area contributed by atoms with Gasteiger partial charge in [0, 0.05) is 26.5 Å². The standard InChI is InChI=1S/C10H12F3NO3/c1-15-9(16-2)6-17-8-4-3-7(5-14-8)10(11,12)13/h3-5,9H,6H2,1-2H3. The second-order valence-electron chi connectivity index (χ2n) is 3.09. The SMILES string of the molecule is COC(COc1ccc(C(F)(F)F)cn1)OC. The average molecular weight is 251 g/mol. The van der Waals surface area contributed by atoms with Crippen molar-refractivity contribution in [1.82, 2.24) is 4.98 Å². The van der Waals surface area contributed by atoms with E-state index in [1.165, 1.54) is 14.2 Å². The molecule has 96 valence electrons. The average Bonchev–Trinajstić information content (AvgIpc) is 2.30. The van der Waals surface area contributed by atoms with Crippen molar-refractivity contribution >= 4 is 0 Å². The smallest absolute Gasteiger partial charge is 0.417 e. The lowest BCUT2D eigenvalue weighted by molar-refractivity contribution is -0.138. The molecule has 0 bridgehead atoms. The molecule has 0 aromatic carbocycles. The van der Waals surface area contributed by atoms with E-state index >= 15 is 0 Å². The number of aromatic nitrogens is 1. The van der Waals surface area contributed by atoms with Crippen LogP contribution in [0.4, 0.5) is 13.2 Å². The van der Waals surface area contributed by atoms with Gasteiger partial charge >= 0.3 is 6.18 Å². The van der Waals surface area contributed by atoms with Crippen molar-refractivity contribution < 1.29 is 27.4 Å². The number of nitrogens with zero attached hydrogens (tertiary/aromatic N) is 1. The summed E-state index contributed by atoms with van der Waals surface area (Å²) in [5, 5.41) is 0. The van der Waals surface area contributed by atoms with Crippen LogP contribution in [-0.2, 0) is 15.7 Å². The minimum Gasteiger partial charge on any atom is -0.472 e. The Hall–Kier alpha value is -1.34. The lowest BCUT2D eigenvalue weighted by Crippen LogP contribution is -2.22. The first kappa shape index (κ1) is 13.7. The third kappa shape index (κ3) is 4.20. The van der Waals surface area contributed by atoms with Crippen LogP contribution in [0.1, 0.15) is 5.56 Å². The maximum atomic E-state index is 12.2. The Bertz CT molecular complexity index is 336. The summed E-state index contributed by atoms with van der Waals surface area (Å²) in [6.45, 7) is 0.0470. The Morgan fingerprint density at radius 1 is 1.24 bits per heavy atom. The number of ether oxygens (including phenoxy) is 3. The second-order valence-corrected chi connectivity index (χ2v) is 3.09. The fraction of sp³-hybridized carbons (Fsp3) is 0.500. The molecule has 1 heterocycles. The molecule has 0 unspecified atom stereocenters. The highest BCUT2D eigenvalue weighted by molar-refractivity contribution is 5.20. The lowest BCUT2D eigenvalue weighted by Gasteiger charge is -2.14. The van der Waals surface area contributed by atoms with Gasteiger partial charge in [-0.3, -0.25) is 0 Å². The van der Waals surface area contributed by atoms with Crippen LogP contribution >= 0.6 is 0 Å². The van der Waals surface area contributed by atoms with Gasteiger partial charge in [-0.1, -0.05) is 0 Å². The van der Waals surface area contributed by atoms with Gasteiger partial charge in [-0.15, -0.1) is 0 Å². The maximum absolute atomic E-state index is 12.2. The largest absolute Gasteiger partial charge is 0.472 e. The highest BCUT2D eigenvalue weighted by Crippen LogP contribution is 2.29. The number of halogens is 3. The fourth-order valence-corrected chi connectivity index (χ4v) is 1.02. The van der Waals surface area contributed by atoms with Crippen molar-refractivity contribution in [2.24, 2.45) is 0 Å². The van der Waals surface area contributed by atoms with Gasteiger partial charge in [-0.2, -0.15) is 13.2 Å². The first-order valence-electron chi connectivity index (χ1n) is 4.69. The Kier molecular flexibility index (Phi) is 4.71. The van der Waals surface area contributed by atoms with Crippen LogP contribution in [0.5, 0.6) is 5.88 Å². The molecule has 17 heavy (non-hydrogen) atoms. The van der Waals surface area contributed by atoms with E-state index in [1.54, 1.807) is 0 Å². The summed E-state index contributed by atoms with van der Waals surface area (Å²) < 4.78 is 51.4. The number of pyridine rings is 1. The van der Waals surface area contributed by atoms with Gasteiger partial charge in [0.2, 0.25) is 5.88 Å². The van der Waals surface area contributed by atoms with Crippen molar-refractivity contribution in [3.8, 4) is 5.88 Å². The molecule has 1 rings (SSSR count). The minimum absolute atomic E-state index is 0.0470. The number of methoxy groups -OCH3 is 2. The van der Waals surface area contributed by atoms with Crippen LogP contribution in [0, 0.1) is 0 Å². The molecule has 0 spiro atoms. The summed E-state index contributed by atoms with van der Waals surface area (Å²) in [5.74, 6) is 0.0806. The molecule has 7 heteroatoms. The highest BCUT2D eigenvalue weighted by Gasteiger charge is 2.30. The molecule has 0 N–H and O–H groups in total.